The molecule has 6 nitrogen and oxygen atoms in total. The molecule has 0 aromatic heterocycles. The highest BCUT2D eigenvalue weighted by atomic mass is 127. The Balaban J connectivity index is 0.00000512. The van der Waals surface area contributed by atoms with E-state index in [1.807, 2.05) is 6.07 Å². The molecule has 0 fully saturated rings. The van der Waals surface area contributed by atoms with Gasteiger partial charge >= 0.3 is 6.18 Å². The molecule has 0 aliphatic heterocycles. The lowest BCUT2D eigenvalue weighted by molar-refractivity contribution is -0.138. The first-order valence-corrected chi connectivity index (χ1v) is 9.32. The van der Waals surface area contributed by atoms with Crippen molar-refractivity contribution in [3.63, 3.8) is 0 Å². The maximum absolute atomic E-state index is 13.2. The number of carbonyl (C=O) groups is 1. The highest BCUT2D eigenvalue weighted by Crippen LogP contribution is 2.32. The van der Waals surface area contributed by atoms with Gasteiger partial charge in [0.05, 0.1) is 5.56 Å². The van der Waals surface area contributed by atoms with Gasteiger partial charge in [-0.25, -0.2) is 4.39 Å². The normalized spacial score (nSPS) is 11.4. The van der Waals surface area contributed by atoms with E-state index >= 15 is 0 Å². The summed E-state index contributed by atoms with van der Waals surface area (Å²) >= 11 is 0. The van der Waals surface area contributed by atoms with Gasteiger partial charge in [-0.3, -0.25) is 9.79 Å². The number of amides is 1. The Bertz CT molecular complexity index is 936. The molecule has 0 atom stereocenters. The average Bonchev–Trinajstić information content (AvgIpc) is 2.72. The second-order valence-electron chi connectivity index (χ2n) is 6.80. The molecule has 0 bridgehead atoms. The summed E-state index contributed by atoms with van der Waals surface area (Å²) in [5.41, 5.74) is -0.319. The number of hydrogen-bond acceptors (Lipinski definition) is 3. The van der Waals surface area contributed by atoms with Crippen molar-refractivity contribution in [3.8, 4) is 5.75 Å². The fraction of sp³-hybridized carbons (Fsp3) is 0.333. The van der Waals surface area contributed by atoms with E-state index in [0.29, 0.717) is 18.4 Å². The number of hydrogen-bond donors (Lipinski definition) is 2. The third-order valence-electron chi connectivity index (χ3n) is 4.27. The van der Waals surface area contributed by atoms with Crippen LogP contribution >= 0.6 is 24.0 Å². The van der Waals surface area contributed by atoms with Gasteiger partial charge in [-0.2, -0.15) is 13.2 Å². The number of aliphatic imine (C=N–C) groups is 1. The zero-order chi connectivity index (χ0) is 23.0. The lowest BCUT2D eigenvalue weighted by Crippen LogP contribution is -2.36. The topological polar surface area (TPSA) is 66.0 Å². The van der Waals surface area contributed by atoms with Crippen LogP contribution in [0.4, 0.5) is 17.6 Å². The maximum Gasteiger partial charge on any atom is 0.416 e. The second kappa shape index (κ2) is 12.5. The molecule has 1 amide bonds. The number of likely N-dealkylation sites (N-methyl/N-ethyl adjacent to an activating group) is 1. The van der Waals surface area contributed by atoms with Gasteiger partial charge in [0.1, 0.15) is 11.6 Å². The van der Waals surface area contributed by atoms with Gasteiger partial charge in [0.25, 0.3) is 5.91 Å². The van der Waals surface area contributed by atoms with Crippen LogP contribution in [-0.2, 0) is 24.1 Å². The Labute approximate surface area is 201 Å². The van der Waals surface area contributed by atoms with E-state index in [1.165, 1.54) is 11.9 Å². The monoisotopic (exact) mass is 568 g/mol. The Morgan fingerprint density at radius 2 is 1.78 bits per heavy atom. The van der Waals surface area contributed by atoms with Gasteiger partial charge < -0.3 is 20.3 Å². The molecule has 2 aromatic rings. The minimum absolute atomic E-state index is 0. The van der Waals surface area contributed by atoms with Crippen molar-refractivity contribution in [1.82, 2.24) is 15.5 Å². The third kappa shape index (κ3) is 8.52. The van der Waals surface area contributed by atoms with Crippen molar-refractivity contribution in [1.29, 1.82) is 0 Å². The summed E-state index contributed by atoms with van der Waals surface area (Å²) in [7, 11) is 4.75. The molecule has 0 aliphatic carbocycles. The van der Waals surface area contributed by atoms with Crippen LogP contribution in [-0.4, -0.2) is 44.5 Å². The Kier molecular flexibility index (Phi) is 10.7. The number of rotatable bonds is 7. The Morgan fingerprint density at radius 3 is 2.41 bits per heavy atom. The fourth-order valence-corrected chi connectivity index (χ4v) is 2.57. The van der Waals surface area contributed by atoms with Crippen molar-refractivity contribution in [3.05, 3.63) is 65.0 Å². The van der Waals surface area contributed by atoms with Crippen LogP contribution in [0.3, 0.4) is 0 Å². The molecule has 32 heavy (non-hydrogen) atoms. The van der Waals surface area contributed by atoms with E-state index in [9.17, 15) is 22.4 Å². The molecular formula is C21H25F4IN4O2. The molecule has 2 N–H and O–H groups in total. The SMILES string of the molecule is CN=C(NCc1cccc(OCC(=O)N(C)C)c1)NCc1ccc(F)cc1C(F)(F)F.I. The lowest BCUT2D eigenvalue weighted by atomic mass is 10.1. The molecule has 11 heteroatoms. The van der Waals surface area contributed by atoms with Gasteiger partial charge in [0, 0.05) is 34.2 Å². The summed E-state index contributed by atoms with van der Waals surface area (Å²) in [6.07, 6.45) is -4.66. The number of carbonyl (C=O) groups excluding carboxylic acids is 1. The summed E-state index contributed by atoms with van der Waals surface area (Å²) < 4.78 is 58.1. The standard InChI is InChI=1S/C21H24F4N4O2.HI/c1-26-20(28-12-15-7-8-16(22)10-18(15)21(23,24)25)27-11-14-5-4-6-17(9-14)31-13-19(30)29(2)3;/h4-10H,11-13H2,1-3H3,(H2,26,27,28);1H. The zero-order valence-electron chi connectivity index (χ0n) is 17.8. The largest absolute Gasteiger partial charge is 0.484 e. The van der Waals surface area contributed by atoms with E-state index in [1.54, 1.807) is 32.3 Å². The highest BCUT2D eigenvalue weighted by molar-refractivity contribution is 14.0. The zero-order valence-corrected chi connectivity index (χ0v) is 20.1. The van der Waals surface area contributed by atoms with Crippen LogP contribution in [0.1, 0.15) is 16.7 Å². The number of nitrogens with one attached hydrogen (secondary N) is 2. The number of alkyl halides is 3. The van der Waals surface area contributed by atoms with Crippen molar-refractivity contribution in [2.75, 3.05) is 27.7 Å². The third-order valence-corrected chi connectivity index (χ3v) is 4.27. The molecule has 0 heterocycles. The highest BCUT2D eigenvalue weighted by Gasteiger charge is 2.33. The first-order chi connectivity index (χ1) is 14.6. The van der Waals surface area contributed by atoms with Crippen molar-refractivity contribution < 1.29 is 27.1 Å². The van der Waals surface area contributed by atoms with Crippen LogP contribution in [0.5, 0.6) is 5.75 Å². The molecule has 0 spiro atoms. The summed E-state index contributed by atoms with van der Waals surface area (Å²) in [4.78, 5) is 17.0. The molecular weight excluding hydrogens is 543 g/mol. The maximum atomic E-state index is 13.2. The fourth-order valence-electron chi connectivity index (χ4n) is 2.57. The predicted octanol–water partition coefficient (Wildman–Crippen LogP) is 3.79. The number of halogens is 5. The Morgan fingerprint density at radius 1 is 1.09 bits per heavy atom. The molecule has 0 radical (unpaired) electrons. The predicted molar refractivity (Wildman–Crippen MR) is 124 cm³/mol. The molecule has 2 aromatic carbocycles. The molecule has 0 saturated carbocycles. The molecule has 176 valence electrons. The number of guanidine groups is 1. The summed E-state index contributed by atoms with van der Waals surface area (Å²) in [6, 6.07) is 9.58. The number of ether oxygens (including phenoxy) is 1. The van der Waals surface area contributed by atoms with Gasteiger partial charge in [0.2, 0.25) is 0 Å². The Hall–Kier alpha value is -2.57. The minimum Gasteiger partial charge on any atom is -0.484 e. The van der Waals surface area contributed by atoms with Crippen LogP contribution < -0.4 is 15.4 Å². The first kappa shape index (κ1) is 27.5. The van der Waals surface area contributed by atoms with Gasteiger partial charge in [-0.1, -0.05) is 18.2 Å². The van der Waals surface area contributed by atoms with Crippen LogP contribution in [0.2, 0.25) is 0 Å². The average molecular weight is 568 g/mol. The van der Waals surface area contributed by atoms with E-state index in [4.69, 9.17) is 4.74 Å². The van der Waals surface area contributed by atoms with Crippen molar-refractivity contribution in [2.45, 2.75) is 19.3 Å². The van der Waals surface area contributed by atoms with Crippen LogP contribution in [0.15, 0.2) is 47.5 Å². The van der Waals surface area contributed by atoms with E-state index in [0.717, 1.165) is 17.7 Å². The first-order valence-electron chi connectivity index (χ1n) is 9.32. The van der Waals surface area contributed by atoms with Gasteiger partial charge in [-0.05, 0) is 35.4 Å². The minimum atomic E-state index is -4.66. The summed E-state index contributed by atoms with van der Waals surface area (Å²) in [6.45, 7) is 0.0327. The van der Waals surface area contributed by atoms with Crippen molar-refractivity contribution in [2.24, 2.45) is 4.99 Å². The summed E-state index contributed by atoms with van der Waals surface area (Å²) in [5.74, 6) is -0.342. The van der Waals surface area contributed by atoms with E-state index in [-0.39, 0.29) is 54.6 Å². The number of benzene rings is 2. The van der Waals surface area contributed by atoms with Gasteiger partial charge in [0.15, 0.2) is 12.6 Å². The molecule has 0 aliphatic rings. The van der Waals surface area contributed by atoms with Gasteiger partial charge in [-0.15, -0.1) is 24.0 Å². The molecule has 0 saturated heterocycles. The molecule has 0 unspecified atom stereocenters. The van der Waals surface area contributed by atoms with E-state index in [2.05, 4.69) is 15.6 Å². The second-order valence-corrected chi connectivity index (χ2v) is 6.80. The number of nitrogens with zero attached hydrogens (tertiary/aromatic N) is 2. The van der Waals surface area contributed by atoms with E-state index < -0.39 is 17.6 Å². The smallest absolute Gasteiger partial charge is 0.416 e. The van der Waals surface area contributed by atoms with Crippen LogP contribution in [0, 0.1) is 5.82 Å². The van der Waals surface area contributed by atoms with Crippen molar-refractivity contribution >= 4 is 35.8 Å². The quantitative estimate of drug-likeness (QED) is 0.231. The molecule has 2 rings (SSSR count). The lowest BCUT2D eigenvalue weighted by Gasteiger charge is -2.16. The van der Waals surface area contributed by atoms with Crippen LogP contribution in [0.25, 0.3) is 0 Å². The summed E-state index contributed by atoms with van der Waals surface area (Å²) in [5, 5.41) is 5.78.